The van der Waals surface area contributed by atoms with Gasteiger partial charge in [0.05, 0.1) is 23.7 Å². The number of amides is 1. The van der Waals surface area contributed by atoms with Gasteiger partial charge in [0.1, 0.15) is 6.04 Å². The van der Waals surface area contributed by atoms with Gasteiger partial charge in [0.2, 0.25) is 15.9 Å². The number of aliphatic hydroxyl groups is 1. The number of nitrogens with one attached hydrogen (secondary N) is 2. The van der Waals surface area contributed by atoms with Crippen molar-refractivity contribution in [3.8, 4) is 0 Å². The lowest BCUT2D eigenvalue weighted by atomic mass is 9.99. The zero-order chi connectivity index (χ0) is 40.3. The summed E-state index contributed by atoms with van der Waals surface area (Å²) in [5.74, 6) is -0.501. The summed E-state index contributed by atoms with van der Waals surface area (Å²) in [5.41, 5.74) is 7.11. The molecular formula is C48H49N3O6S. The number of benzene rings is 6. The molecule has 6 aromatic carbocycles. The molecule has 10 heteroatoms. The van der Waals surface area contributed by atoms with Crippen molar-refractivity contribution in [2.75, 3.05) is 11.9 Å². The Morgan fingerprint density at radius 3 is 1.91 bits per heavy atom. The second kappa shape index (κ2) is 19.3. The Bertz CT molecular complexity index is 2290. The van der Waals surface area contributed by atoms with E-state index < -0.39 is 28.3 Å². The lowest BCUT2D eigenvalue weighted by molar-refractivity contribution is -0.253. The number of aliphatic hydroxyl groups excluding tert-OH is 1. The highest BCUT2D eigenvalue weighted by Crippen LogP contribution is 2.39. The van der Waals surface area contributed by atoms with Crippen molar-refractivity contribution in [1.82, 2.24) is 9.62 Å². The predicted molar refractivity (Wildman–Crippen MR) is 226 cm³/mol. The summed E-state index contributed by atoms with van der Waals surface area (Å²) in [6, 6.07) is 50.6. The second-order valence-electron chi connectivity index (χ2n) is 14.8. The van der Waals surface area contributed by atoms with Gasteiger partial charge in [0, 0.05) is 37.3 Å². The Hall–Kier alpha value is -5.46. The highest BCUT2D eigenvalue weighted by molar-refractivity contribution is 7.89. The number of sulfonamides is 1. The van der Waals surface area contributed by atoms with E-state index in [1.165, 1.54) is 23.3 Å². The van der Waals surface area contributed by atoms with Crippen molar-refractivity contribution < 1.29 is 27.8 Å². The van der Waals surface area contributed by atoms with Crippen LogP contribution in [0.2, 0.25) is 0 Å². The normalized spacial score (nSPS) is 17.5. The summed E-state index contributed by atoms with van der Waals surface area (Å²) in [6.45, 7) is 3.93. The number of carbonyl (C=O) groups is 1. The molecular weight excluding hydrogens is 747 g/mol. The smallest absolute Gasteiger partial charge is 0.242 e. The van der Waals surface area contributed by atoms with Crippen LogP contribution >= 0.6 is 0 Å². The molecule has 1 fully saturated rings. The van der Waals surface area contributed by atoms with Crippen LogP contribution in [0.4, 0.5) is 5.69 Å². The van der Waals surface area contributed by atoms with Crippen LogP contribution in [0.25, 0.3) is 0 Å². The molecule has 0 aliphatic carbocycles. The lowest BCUT2D eigenvalue weighted by Crippen LogP contribution is -2.45. The van der Waals surface area contributed by atoms with E-state index in [0.717, 1.165) is 35.3 Å². The van der Waals surface area contributed by atoms with Gasteiger partial charge in [0.25, 0.3) is 0 Å². The van der Waals surface area contributed by atoms with Crippen LogP contribution in [0.1, 0.15) is 57.8 Å². The quantitative estimate of drug-likeness (QED) is 0.0904. The zero-order valence-electron chi connectivity index (χ0n) is 32.5. The summed E-state index contributed by atoms with van der Waals surface area (Å²) in [5, 5.41) is 12.7. The van der Waals surface area contributed by atoms with Crippen LogP contribution < -0.4 is 10.0 Å². The van der Waals surface area contributed by atoms with Gasteiger partial charge in [-0.2, -0.15) is 4.72 Å². The topological polar surface area (TPSA) is 117 Å². The van der Waals surface area contributed by atoms with Crippen LogP contribution in [0.15, 0.2) is 169 Å². The van der Waals surface area contributed by atoms with Crippen molar-refractivity contribution >= 4 is 21.6 Å². The molecule has 6 aromatic rings. The Kier molecular flexibility index (Phi) is 13.6. The largest absolute Gasteiger partial charge is 0.392 e. The minimum atomic E-state index is -4.02. The maximum atomic E-state index is 14.0. The third-order valence-electron chi connectivity index (χ3n) is 10.2. The molecule has 0 saturated carbocycles. The first-order valence-corrected chi connectivity index (χ1v) is 21.0. The molecule has 4 atom stereocenters. The second-order valence-corrected chi connectivity index (χ2v) is 16.5. The summed E-state index contributed by atoms with van der Waals surface area (Å²) in [6.07, 6.45) is -0.551. The van der Waals surface area contributed by atoms with Crippen molar-refractivity contribution in [3.05, 3.63) is 203 Å². The first kappa shape index (κ1) is 40.7. The van der Waals surface area contributed by atoms with Gasteiger partial charge in [-0.25, -0.2) is 8.42 Å². The number of hydrogen-bond donors (Lipinski definition) is 3. The van der Waals surface area contributed by atoms with E-state index >= 15 is 0 Å². The third-order valence-corrected chi connectivity index (χ3v) is 11.7. The maximum Gasteiger partial charge on any atom is 0.242 e. The van der Waals surface area contributed by atoms with Crippen LogP contribution in [0, 0.1) is 6.92 Å². The molecule has 1 amide bonds. The average Bonchev–Trinajstić information content (AvgIpc) is 3.24. The van der Waals surface area contributed by atoms with Crippen molar-refractivity contribution in [2.24, 2.45) is 0 Å². The molecule has 3 N–H and O–H groups in total. The number of anilines is 1. The zero-order valence-corrected chi connectivity index (χ0v) is 33.3. The summed E-state index contributed by atoms with van der Waals surface area (Å²) < 4.78 is 43.1. The SMILES string of the molecule is Cc1ccc(S(=O)(=O)NC(Cc2ccccc2)C(=O)Nc2cccc(C3OC(CN(Cc4ccccc4)Cc4ccccc4)CC(c4ccc(CO)cc4)O3)c2)cc1. The number of nitrogens with zero attached hydrogens (tertiary/aromatic N) is 1. The number of ether oxygens (including phenoxy) is 2. The molecule has 4 unspecified atom stereocenters. The van der Waals surface area contributed by atoms with E-state index in [9.17, 15) is 18.3 Å². The molecule has 58 heavy (non-hydrogen) atoms. The van der Waals surface area contributed by atoms with E-state index in [4.69, 9.17) is 9.47 Å². The van der Waals surface area contributed by atoms with Gasteiger partial charge in [-0.1, -0.05) is 145 Å². The van der Waals surface area contributed by atoms with Crippen LogP contribution in [0.5, 0.6) is 0 Å². The molecule has 298 valence electrons. The molecule has 0 spiro atoms. The Balaban J connectivity index is 1.13. The minimum Gasteiger partial charge on any atom is -0.392 e. The van der Waals surface area contributed by atoms with Gasteiger partial charge in [-0.3, -0.25) is 9.69 Å². The molecule has 1 saturated heterocycles. The maximum absolute atomic E-state index is 14.0. The van der Waals surface area contributed by atoms with Gasteiger partial charge in [-0.15, -0.1) is 0 Å². The summed E-state index contributed by atoms with van der Waals surface area (Å²) in [7, 11) is -4.02. The molecule has 7 rings (SSSR count). The number of aryl methyl sites for hydroxylation is 1. The Morgan fingerprint density at radius 1 is 0.707 bits per heavy atom. The molecule has 0 radical (unpaired) electrons. The van der Waals surface area contributed by atoms with Gasteiger partial charge >= 0.3 is 0 Å². The molecule has 0 bridgehead atoms. The van der Waals surface area contributed by atoms with Gasteiger partial charge in [0.15, 0.2) is 6.29 Å². The van der Waals surface area contributed by atoms with Crippen LogP contribution in [-0.2, 0) is 50.4 Å². The third kappa shape index (κ3) is 11.1. The lowest BCUT2D eigenvalue weighted by Gasteiger charge is -2.38. The van der Waals surface area contributed by atoms with E-state index in [1.807, 2.05) is 91.9 Å². The van der Waals surface area contributed by atoms with E-state index in [1.54, 1.807) is 18.2 Å². The van der Waals surface area contributed by atoms with E-state index in [-0.39, 0.29) is 30.1 Å². The molecule has 0 aromatic heterocycles. The molecule has 1 aliphatic heterocycles. The monoisotopic (exact) mass is 795 g/mol. The number of rotatable bonds is 16. The molecule has 9 nitrogen and oxygen atoms in total. The molecule has 1 aliphatic rings. The predicted octanol–water partition coefficient (Wildman–Crippen LogP) is 8.26. The highest BCUT2D eigenvalue weighted by atomic mass is 32.2. The van der Waals surface area contributed by atoms with Gasteiger partial charge in [-0.05, 0) is 65.4 Å². The first-order valence-electron chi connectivity index (χ1n) is 19.6. The van der Waals surface area contributed by atoms with Gasteiger partial charge < -0.3 is 19.9 Å². The number of carbonyl (C=O) groups excluding carboxylic acids is 1. The standard InChI is InChI=1S/C48H49N3O6S/c1-35-20-26-44(27-21-35)58(54,55)50-45(28-36-12-5-2-6-13-36)47(53)49-42-19-11-18-41(29-42)48-56-43(30-46(57-48)40-24-22-39(34-52)23-25-40)33-51(31-37-14-7-3-8-15-37)32-38-16-9-4-10-17-38/h2-27,29,43,45-46,48,50,52H,28,30-34H2,1H3,(H,49,53). The fraction of sp³-hybridized carbons (Fsp3) is 0.229. The van der Waals surface area contributed by atoms with Crippen molar-refractivity contribution in [3.63, 3.8) is 0 Å². The minimum absolute atomic E-state index is 0.0494. The Labute approximate surface area is 341 Å². The molecule has 1 heterocycles. The van der Waals surface area contributed by atoms with E-state index in [2.05, 4.69) is 63.5 Å². The van der Waals surface area contributed by atoms with Crippen molar-refractivity contribution in [1.29, 1.82) is 0 Å². The first-order chi connectivity index (χ1) is 28.2. The summed E-state index contributed by atoms with van der Waals surface area (Å²) in [4.78, 5) is 16.5. The fourth-order valence-corrected chi connectivity index (χ4v) is 8.39. The average molecular weight is 796 g/mol. The fourth-order valence-electron chi connectivity index (χ4n) is 7.19. The van der Waals surface area contributed by atoms with Crippen LogP contribution in [0.3, 0.4) is 0 Å². The van der Waals surface area contributed by atoms with E-state index in [0.29, 0.717) is 24.2 Å². The van der Waals surface area contributed by atoms with Crippen molar-refractivity contribution in [2.45, 2.75) is 68.9 Å². The highest BCUT2D eigenvalue weighted by Gasteiger charge is 2.34. The Morgan fingerprint density at radius 2 is 1.31 bits per heavy atom. The van der Waals surface area contributed by atoms with Crippen LogP contribution in [-0.4, -0.2) is 43.0 Å². The summed E-state index contributed by atoms with van der Waals surface area (Å²) >= 11 is 0. The number of hydrogen-bond acceptors (Lipinski definition) is 7.